The molecule has 2 atom stereocenters. The Balaban J connectivity index is 0.000000146. The maximum Gasteiger partial charge on any atom is 0.184 e. The second kappa shape index (κ2) is 13.4. The molecule has 0 bridgehead atoms. The van der Waals surface area contributed by atoms with Crippen molar-refractivity contribution in [1.82, 2.24) is 0 Å². The van der Waals surface area contributed by atoms with Gasteiger partial charge >= 0.3 is 0 Å². The Morgan fingerprint density at radius 2 is 1.32 bits per heavy atom. The fraction of sp³-hybridized carbons (Fsp3) is 0.618. The number of ether oxygens (including phenoxy) is 3. The maximum atomic E-state index is 12.5. The van der Waals surface area contributed by atoms with Gasteiger partial charge < -0.3 is 18.6 Å². The van der Waals surface area contributed by atoms with Gasteiger partial charge in [0.1, 0.15) is 0 Å². The van der Waals surface area contributed by atoms with Crippen molar-refractivity contribution < 1.29 is 23.4 Å². The number of methoxy groups -OCH3 is 3. The lowest BCUT2D eigenvalue weighted by atomic mass is 9.82. The van der Waals surface area contributed by atoms with Gasteiger partial charge in [0.15, 0.2) is 19.9 Å². The molecule has 0 aromatic heterocycles. The van der Waals surface area contributed by atoms with Gasteiger partial charge in [-0.15, -0.1) is 0 Å². The van der Waals surface area contributed by atoms with Gasteiger partial charge in [0.25, 0.3) is 0 Å². The Morgan fingerprint density at radius 1 is 0.750 bits per heavy atom. The van der Waals surface area contributed by atoms with E-state index in [9.17, 15) is 4.79 Å². The quantitative estimate of drug-likeness (QED) is 0.261. The molecular formula is C34H50O5Si. The van der Waals surface area contributed by atoms with Crippen molar-refractivity contribution >= 4 is 14.1 Å². The largest absolute Gasteiger partial charge is 0.411 e. The highest BCUT2D eigenvalue weighted by Gasteiger charge is 2.48. The summed E-state index contributed by atoms with van der Waals surface area (Å²) >= 11 is 0. The third kappa shape index (κ3) is 7.14. The van der Waals surface area contributed by atoms with Crippen molar-refractivity contribution in [2.45, 2.75) is 108 Å². The molecule has 0 saturated heterocycles. The summed E-state index contributed by atoms with van der Waals surface area (Å²) < 4.78 is 22.4. The van der Waals surface area contributed by atoms with Gasteiger partial charge in [0.05, 0.1) is 17.6 Å². The molecule has 0 spiro atoms. The first kappa shape index (κ1) is 31.1. The zero-order valence-electron chi connectivity index (χ0n) is 25.6. The van der Waals surface area contributed by atoms with Crippen molar-refractivity contribution in [2.75, 3.05) is 21.3 Å². The monoisotopic (exact) mass is 566 g/mol. The summed E-state index contributed by atoms with van der Waals surface area (Å²) in [5.74, 6) is 0.122. The van der Waals surface area contributed by atoms with E-state index in [1.165, 1.54) is 55.2 Å². The Bertz CT molecular complexity index is 1110. The number of benzene rings is 2. The minimum absolute atomic E-state index is 0.0485. The zero-order valence-corrected chi connectivity index (χ0v) is 26.6. The maximum absolute atomic E-state index is 12.5. The van der Waals surface area contributed by atoms with Crippen molar-refractivity contribution in [3.8, 4) is 0 Å². The molecule has 220 valence electrons. The summed E-state index contributed by atoms with van der Waals surface area (Å²) in [7, 11) is 3.81. The molecule has 6 rings (SSSR count). The van der Waals surface area contributed by atoms with E-state index in [4.69, 9.17) is 18.6 Å². The first-order valence-corrected chi connectivity index (χ1v) is 18.6. The van der Waals surface area contributed by atoms with Crippen LogP contribution in [0.4, 0.5) is 0 Å². The highest BCUT2D eigenvalue weighted by Crippen LogP contribution is 2.45. The van der Waals surface area contributed by atoms with Crippen LogP contribution in [0.25, 0.3) is 0 Å². The highest BCUT2D eigenvalue weighted by atomic mass is 28.4. The normalized spacial score (nSPS) is 24.0. The molecule has 0 N–H and O–H groups in total. The van der Waals surface area contributed by atoms with E-state index in [2.05, 4.69) is 50.0 Å². The average molecular weight is 567 g/mol. The molecule has 6 heteroatoms. The molecule has 2 aromatic rings. The van der Waals surface area contributed by atoms with Crippen molar-refractivity contribution in [3.05, 3.63) is 70.8 Å². The fourth-order valence-corrected chi connectivity index (χ4v) is 8.10. The minimum atomic E-state index is -1.39. The van der Waals surface area contributed by atoms with Gasteiger partial charge in [0.2, 0.25) is 0 Å². The Labute approximate surface area is 243 Å². The van der Waals surface area contributed by atoms with Gasteiger partial charge in [-0.2, -0.15) is 0 Å². The van der Waals surface area contributed by atoms with Crippen LogP contribution in [0, 0.1) is 5.92 Å². The van der Waals surface area contributed by atoms with Crippen LogP contribution in [0.15, 0.2) is 48.5 Å². The van der Waals surface area contributed by atoms with Gasteiger partial charge in [-0.3, -0.25) is 4.79 Å². The average Bonchev–Trinajstić information content (AvgIpc) is 3.76. The predicted octanol–water partition coefficient (Wildman–Crippen LogP) is 8.08. The lowest BCUT2D eigenvalue weighted by molar-refractivity contribution is -0.200. The SMILES string of the molecule is COC1(C2Cc3ccccc3C2=O)CCCC1.COC1(OC)CCCC1.C[Si](C)(C)OC1CCc2ccccc21. The first-order chi connectivity index (χ1) is 19.2. The van der Waals surface area contributed by atoms with Gasteiger partial charge in [-0.1, -0.05) is 61.4 Å². The van der Waals surface area contributed by atoms with E-state index < -0.39 is 8.32 Å². The lowest BCUT2D eigenvalue weighted by Crippen LogP contribution is -2.40. The summed E-state index contributed by atoms with van der Waals surface area (Å²) in [6.45, 7) is 6.77. The lowest BCUT2D eigenvalue weighted by Gasteiger charge is -2.32. The number of aryl methyl sites for hydroxylation is 1. The molecule has 4 aliphatic carbocycles. The summed E-state index contributed by atoms with van der Waals surface area (Å²) in [4.78, 5) is 12.5. The first-order valence-electron chi connectivity index (χ1n) is 15.2. The number of hydrogen-bond donors (Lipinski definition) is 0. The Kier molecular flexibility index (Phi) is 10.4. The highest BCUT2D eigenvalue weighted by molar-refractivity contribution is 6.69. The number of carbonyl (C=O) groups is 1. The van der Waals surface area contributed by atoms with E-state index in [1.807, 2.05) is 18.2 Å². The molecule has 4 aliphatic rings. The van der Waals surface area contributed by atoms with Crippen LogP contribution in [0.2, 0.25) is 19.6 Å². The van der Waals surface area contributed by atoms with Crippen LogP contribution < -0.4 is 0 Å². The van der Waals surface area contributed by atoms with Crippen molar-refractivity contribution in [1.29, 1.82) is 0 Å². The Morgan fingerprint density at radius 3 is 1.88 bits per heavy atom. The van der Waals surface area contributed by atoms with Crippen molar-refractivity contribution in [2.24, 2.45) is 5.92 Å². The van der Waals surface area contributed by atoms with E-state index in [-0.39, 0.29) is 17.3 Å². The third-order valence-corrected chi connectivity index (χ3v) is 10.2. The van der Waals surface area contributed by atoms with E-state index >= 15 is 0 Å². The summed E-state index contributed by atoms with van der Waals surface area (Å²) in [5.41, 5.74) is 4.84. The van der Waals surface area contributed by atoms with Crippen LogP contribution >= 0.6 is 0 Å². The molecule has 40 heavy (non-hydrogen) atoms. The molecule has 2 aromatic carbocycles. The van der Waals surface area contributed by atoms with E-state index in [0.717, 1.165) is 37.7 Å². The number of Topliss-reactive ketones (excluding diaryl/α,β-unsaturated/α-hetero) is 1. The third-order valence-electron chi connectivity index (χ3n) is 9.20. The molecule has 0 aliphatic heterocycles. The number of carbonyl (C=O) groups excluding carboxylic acids is 1. The van der Waals surface area contributed by atoms with E-state index in [1.54, 1.807) is 21.3 Å². The standard InChI is InChI=1S/C15H18O2.C12H18OSi.C7H14O2/c1-17-15(8-4-5-9-15)13-10-11-6-2-3-7-12(11)14(13)16;1-14(2,3)13-12-9-8-10-6-4-5-7-11(10)12;1-8-7(9-2)5-3-4-6-7/h2-3,6-7,13H,4-5,8-10H2,1H3;4-7,12H,8-9H2,1-3H3;3-6H2,1-2H3. The predicted molar refractivity (Wildman–Crippen MR) is 163 cm³/mol. The van der Waals surface area contributed by atoms with Crippen LogP contribution in [0.1, 0.15) is 90.9 Å². The van der Waals surface area contributed by atoms with Gasteiger partial charge in [-0.25, -0.2) is 0 Å². The fourth-order valence-electron chi connectivity index (χ4n) is 7.00. The number of hydrogen-bond acceptors (Lipinski definition) is 5. The van der Waals surface area contributed by atoms with Crippen LogP contribution in [-0.2, 0) is 31.5 Å². The molecule has 5 nitrogen and oxygen atoms in total. The summed E-state index contributed by atoms with van der Waals surface area (Å²) in [6, 6.07) is 16.7. The van der Waals surface area contributed by atoms with Crippen LogP contribution in [-0.4, -0.2) is 46.8 Å². The van der Waals surface area contributed by atoms with Gasteiger partial charge in [0, 0.05) is 39.7 Å². The Hall–Kier alpha value is -1.83. The molecule has 0 radical (unpaired) electrons. The van der Waals surface area contributed by atoms with Crippen LogP contribution in [0.5, 0.6) is 0 Å². The molecule has 0 heterocycles. The van der Waals surface area contributed by atoms with E-state index in [0.29, 0.717) is 11.9 Å². The smallest absolute Gasteiger partial charge is 0.184 e. The number of ketones is 1. The molecule has 0 amide bonds. The second-order valence-electron chi connectivity index (χ2n) is 12.7. The minimum Gasteiger partial charge on any atom is -0.411 e. The molecule has 2 unspecified atom stereocenters. The topological polar surface area (TPSA) is 54.0 Å². The summed E-state index contributed by atoms with van der Waals surface area (Å²) in [5, 5.41) is 0. The molecular weight excluding hydrogens is 516 g/mol. The number of rotatable bonds is 6. The van der Waals surface area contributed by atoms with Crippen molar-refractivity contribution in [3.63, 3.8) is 0 Å². The van der Waals surface area contributed by atoms with Crippen LogP contribution in [0.3, 0.4) is 0 Å². The number of fused-ring (bicyclic) bond motifs is 2. The molecule has 2 fully saturated rings. The molecule has 2 saturated carbocycles. The zero-order chi connectivity index (χ0) is 28.8. The summed E-state index contributed by atoms with van der Waals surface area (Å²) in [6.07, 6.45) is 12.6. The second-order valence-corrected chi connectivity index (χ2v) is 17.2. The van der Waals surface area contributed by atoms with Gasteiger partial charge in [-0.05, 0) is 81.3 Å².